The lowest BCUT2D eigenvalue weighted by atomic mass is 10.2. The molecule has 0 aliphatic heterocycles. The number of hydrogen-bond donors (Lipinski definition) is 0. The average molecular weight is 350 g/mol. The highest BCUT2D eigenvalue weighted by molar-refractivity contribution is 5.40. The standard InChI is InChI=1S/C22H22O4/c1-23-19-11-7-17(8-12-19)15-25-21-5-3-4-6-22(21)26-16-18-9-13-20(24-2)14-10-18/h3-14H,15-16H2,1-2H3. The summed E-state index contributed by atoms with van der Waals surface area (Å²) < 4.78 is 22.2. The molecule has 0 heterocycles. The van der Waals surface area contributed by atoms with Crippen LogP contribution in [-0.4, -0.2) is 14.2 Å². The molecule has 0 aliphatic rings. The first kappa shape index (κ1) is 17.7. The van der Waals surface area contributed by atoms with Crippen molar-refractivity contribution in [3.8, 4) is 23.0 Å². The molecular weight excluding hydrogens is 328 g/mol. The number of para-hydroxylation sites is 2. The van der Waals surface area contributed by atoms with Gasteiger partial charge in [-0.3, -0.25) is 0 Å². The van der Waals surface area contributed by atoms with Crippen LogP contribution in [0.15, 0.2) is 72.8 Å². The Morgan fingerprint density at radius 2 is 0.923 bits per heavy atom. The van der Waals surface area contributed by atoms with Crippen molar-refractivity contribution < 1.29 is 18.9 Å². The Balaban J connectivity index is 1.61. The maximum absolute atomic E-state index is 5.94. The molecule has 0 amide bonds. The summed E-state index contributed by atoms with van der Waals surface area (Å²) in [5.41, 5.74) is 2.13. The number of benzene rings is 3. The van der Waals surface area contributed by atoms with E-state index in [0.717, 1.165) is 34.1 Å². The molecule has 0 aromatic heterocycles. The van der Waals surface area contributed by atoms with Gasteiger partial charge < -0.3 is 18.9 Å². The Morgan fingerprint density at radius 3 is 1.27 bits per heavy atom. The third-order valence-electron chi connectivity index (χ3n) is 3.96. The fourth-order valence-electron chi connectivity index (χ4n) is 2.45. The Morgan fingerprint density at radius 1 is 0.538 bits per heavy atom. The monoisotopic (exact) mass is 350 g/mol. The van der Waals surface area contributed by atoms with Crippen LogP contribution in [0.2, 0.25) is 0 Å². The van der Waals surface area contributed by atoms with Crippen LogP contribution in [0.3, 0.4) is 0 Å². The van der Waals surface area contributed by atoms with E-state index in [1.165, 1.54) is 0 Å². The van der Waals surface area contributed by atoms with E-state index in [0.29, 0.717) is 13.2 Å². The molecule has 134 valence electrons. The first-order valence-corrected chi connectivity index (χ1v) is 8.39. The van der Waals surface area contributed by atoms with Gasteiger partial charge in [-0.05, 0) is 47.5 Å². The largest absolute Gasteiger partial charge is 0.497 e. The molecule has 4 nitrogen and oxygen atoms in total. The normalized spacial score (nSPS) is 10.2. The quantitative estimate of drug-likeness (QED) is 0.581. The summed E-state index contributed by atoms with van der Waals surface area (Å²) in [6.45, 7) is 0.930. The van der Waals surface area contributed by atoms with Gasteiger partial charge in [0.2, 0.25) is 0 Å². The van der Waals surface area contributed by atoms with Crippen LogP contribution in [0.5, 0.6) is 23.0 Å². The van der Waals surface area contributed by atoms with E-state index in [1.54, 1.807) is 14.2 Å². The fraction of sp³-hybridized carbons (Fsp3) is 0.182. The lowest BCUT2D eigenvalue weighted by Crippen LogP contribution is -2.00. The van der Waals surface area contributed by atoms with Crippen molar-refractivity contribution in [1.29, 1.82) is 0 Å². The minimum Gasteiger partial charge on any atom is -0.497 e. The highest BCUT2D eigenvalue weighted by Crippen LogP contribution is 2.28. The van der Waals surface area contributed by atoms with Gasteiger partial charge in [-0.25, -0.2) is 0 Å². The van der Waals surface area contributed by atoms with Crippen LogP contribution in [0, 0.1) is 0 Å². The zero-order valence-corrected chi connectivity index (χ0v) is 15.0. The summed E-state index contributed by atoms with van der Waals surface area (Å²) in [5, 5.41) is 0. The van der Waals surface area contributed by atoms with Crippen molar-refractivity contribution in [3.05, 3.63) is 83.9 Å². The van der Waals surface area contributed by atoms with Gasteiger partial charge in [0.05, 0.1) is 14.2 Å². The van der Waals surface area contributed by atoms with E-state index in [1.807, 2.05) is 72.8 Å². The fourth-order valence-corrected chi connectivity index (χ4v) is 2.45. The van der Waals surface area contributed by atoms with E-state index in [4.69, 9.17) is 18.9 Å². The summed E-state index contributed by atoms with van der Waals surface area (Å²) in [7, 11) is 3.31. The second-order valence-corrected chi connectivity index (χ2v) is 5.72. The maximum atomic E-state index is 5.94. The SMILES string of the molecule is COc1ccc(COc2ccccc2OCc2ccc(OC)cc2)cc1. The van der Waals surface area contributed by atoms with Gasteiger partial charge in [-0.2, -0.15) is 0 Å². The third-order valence-corrected chi connectivity index (χ3v) is 3.96. The Kier molecular flexibility index (Phi) is 5.99. The molecule has 0 aliphatic carbocycles. The highest BCUT2D eigenvalue weighted by atomic mass is 16.5. The molecule has 0 fully saturated rings. The van der Waals surface area contributed by atoms with Crippen LogP contribution in [0.4, 0.5) is 0 Å². The van der Waals surface area contributed by atoms with Crippen LogP contribution in [0.25, 0.3) is 0 Å². The molecule has 3 aromatic carbocycles. The van der Waals surface area contributed by atoms with Crippen LogP contribution < -0.4 is 18.9 Å². The molecule has 0 spiro atoms. The second-order valence-electron chi connectivity index (χ2n) is 5.72. The second kappa shape index (κ2) is 8.81. The van der Waals surface area contributed by atoms with Gasteiger partial charge >= 0.3 is 0 Å². The molecule has 3 aromatic rings. The van der Waals surface area contributed by atoms with Crippen LogP contribution in [-0.2, 0) is 13.2 Å². The summed E-state index contributed by atoms with van der Waals surface area (Å²) in [5.74, 6) is 3.10. The molecule has 0 bridgehead atoms. The Hall–Kier alpha value is -3.14. The van der Waals surface area contributed by atoms with Gasteiger partial charge in [-0.15, -0.1) is 0 Å². The maximum Gasteiger partial charge on any atom is 0.161 e. The third kappa shape index (κ3) is 4.70. The van der Waals surface area contributed by atoms with Gasteiger partial charge in [-0.1, -0.05) is 36.4 Å². The number of methoxy groups -OCH3 is 2. The van der Waals surface area contributed by atoms with E-state index < -0.39 is 0 Å². The first-order chi connectivity index (χ1) is 12.8. The van der Waals surface area contributed by atoms with E-state index >= 15 is 0 Å². The molecule has 0 N–H and O–H groups in total. The van der Waals surface area contributed by atoms with E-state index in [-0.39, 0.29) is 0 Å². The number of rotatable bonds is 8. The smallest absolute Gasteiger partial charge is 0.161 e. The zero-order valence-electron chi connectivity index (χ0n) is 15.0. The highest BCUT2D eigenvalue weighted by Gasteiger charge is 2.06. The van der Waals surface area contributed by atoms with Crippen LogP contribution >= 0.6 is 0 Å². The number of hydrogen-bond acceptors (Lipinski definition) is 4. The van der Waals surface area contributed by atoms with Gasteiger partial charge in [0, 0.05) is 0 Å². The molecule has 0 saturated heterocycles. The van der Waals surface area contributed by atoms with Gasteiger partial charge in [0.25, 0.3) is 0 Å². The predicted molar refractivity (Wildman–Crippen MR) is 101 cm³/mol. The number of ether oxygens (including phenoxy) is 4. The summed E-state index contributed by atoms with van der Waals surface area (Å²) in [6, 6.07) is 23.3. The predicted octanol–water partition coefficient (Wildman–Crippen LogP) is 4.86. The van der Waals surface area contributed by atoms with Gasteiger partial charge in [0.15, 0.2) is 11.5 Å². The van der Waals surface area contributed by atoms with Crippen molar-refractivity contribution in [3.63, 3.8) is 0 Å². The molecular formula is C22H22O4. The van der Waals surface area contributed by atoms with Gasteiger partial charge in [0.1, 0.15) is 24.7 Å². The Bertz CT molecular complexity index is 740. The molecule has 0 radical (unpaired) electrons. The first-order valence-electron chi connectivity index (χ1n) is 8.39. The van der Waals surface area contributed by atoms with Crippen molar-refractivity contribution in [2.45, 2.75) is 13.2 Å². The Labute approximate surface area is 153 Å². The summed E-state index contributed by atoms with van der Waals surface area (Å²) >= 11 is 0. The molecule has 3 rings (SSSR count). The minimum absolute atomic E-state index is 0.465. The minimum atomic E-state index is 0.465. The van der Waals surface area contributed by atoms with Crippen molar-refractivity contribution in [2.75, 3.05) is 14.2 Å². The summed E-state index contributed by atoms with van der Waals surface area (Å²) in [6.07, 6.45) is 0. The van der Waals surface area contributed by atoms with Crippen molar-refractivity contribution in [2.24, 2.45) is 0 Å². The molecule has 26 heavy (non-hydrogen) atoms. The molecule has 0 unspecified atom stereocenters. The zero-order chi connectivity index (χ0) is 18.2. The lowest BCUT2D eigenvalue weighted by Gasteiger charge is -2.13. The molecule has 0 atom stereocenters. The van der Waals surface area contributed by atoms with Crippen LogP contribution in [0.1, 0.15) is 11.1 Å². The molecule has 0 saturated carbocycles. The van der Waals surface area contributed by atoms with E-state index in [2.05, 4.69) is 0 Å². The average Bonchev–Trinajstić information content (AvgIpc) is 2.72. The van der Waals surface area contributed by atoms with Crippen molar-refractivity contribution >= 4 is 0 Å². The summed E-state index contributed by atoms with van der Waals surface area (Å²) in [4.78, 5) is 0. The topological polar surface area (TPSA) is 36.9 Å². The lowest BCUT2D eigenvalue weighted by molar-refractivity contribution is 0.256. The van der Waals surface area contributed by atoms with E-state index in [9.17, 15) is 0 Å². The van der Waals surface area contributed by atoms with Crippen molar-refractivity contribution in [1.82, 2.24) is 0 Å². The molecule has 4 heteroatoms.